The van der Waals surface area contributed by atoms with E-state index >= 15 is 0 Å². The molecule has 0 bridgehead atoms. The lowest BCUT2D eigenvalue weighted by molar-refractivity contribution is 0.418. The number of pyridine rings is 1. The number of fused-ring (bicyclic) bond motifs is 1. The summed E-state index contributed by atoms with van der Waals surface area (Å²) >= 11 is 0. The van der Waals surface area contributed by atoms with Gasteiger partial charge in [0.25, 0.3) is 0 Å². The Bertz CT molecular complexity index is 523. The highest BCUT2D eigenvalue weighted by Gasteiger charge is 2.06. The lowest BCUT2D eigenvalue weighted by atomic mass is 10.1. The zero-order valence-corrected chi connectivity index (χ0v) is 10.6. The maximum absolute atomic E-state index is 5.36. The van der Waals surface area contributed by atoms with Gasteiger partial charge >= 0.3 is 0 Å². The summed E-state index contributed by atoms with van der Waals surface area (Å²) in [7, 11) is 3.64. The zero-order chi connectivity index (χ0) is 12.3. The van der Waals surface area contributed by atoms with Gasteiger partial charge in [-0.05, 0) is 31.7 Å². The van der Waals surface area contributed by atoms with Crippen LogP contribution >= 0.6 is 0 Å². The van der Waals surface area contributed by atoms with Crippen molar-refractivity contribution >= 4 is 10.9 Å². The highest BCUT2D eigenvalue weighted by molar-refractivity contribution is 5.87. The molecule has 3 nitrogen and oxygen atoms in total. The Labute approximate surface area is 102 Å². The molecule has 0 radical (unpaired) electrons. The second-order valence-corrected chi connectivity index (χ2v) is 4.14. The zero-order valence-electron chi connectivity index (χ0n) is 10.6. The summed E-state index contributed by atoms with van der Waals surface area (Å²) in [6.07, 6.45) is 0.934. The molecular formula is C14H18N2O. The van der Waals surface area contributed by atoms with Crippen LogP contribution in [-0.2, 0) is 6.42 Å². The molecule has 90 valence electrons. The molecule has 0 amide bonds. The lowest BCUT2D eigenvalue weighted by Gasteiger charge is -2.09. The van der Waals surface area contributed by atoms with Crippen LogP contribution in [0, 0.1) is 6.92 Å². The number of ether oxygens (including phenoxy) is 1. The van der Waals surface area contributed by atoms with Crippen LogP contribution in [0.2, 0.25) is 0 Å². The van der Waals surface area contributed by atoms with Crippen molar-refractivity contribution in [1.82, 2.24) is 10.3 Å². The van der Waals surface area contributed by atoms with Crippen molar-refractivity contribution in [2.24, 2.45) is 0 Å². The number of likely N-dealkylation sites (N-methyl/N-ethyl adjacent to an activating group) is 1. The summed E-state index contributed by atoms with van der Waals surface area (Å²) in [5.74, 6) is 0.844. The molecule has 0 atom stereocenters. The minimum Gasteiger partial charge on any atom is -0.494 e. The van der Waals surface area contributed by atoms with Crippen molar-refractivity contribution in [3.8, 4) is 5.75 Å². The normalized spacial score (nSPS) is 10.8. The third-order valence-corrected chi connectivity index (χ3v) is 2.95. The number of hydrogen-bond acceptors (Lipinski definition) is 3. The minimum atomic E-state index is 0.844. The molecule has 0 saturated heterocycles. The maximum atomic E-state index is 5.36. The smallest absolute Gasteiger partial charge is 0.145 e. The molecule has 0 aliphatic rings. The summed E-state index contributed by atoms with van der Waals surface area (Å²) in [4.78, 5) is 4.68. The maximum Gasteiger partial charge on any atom is 0.145 e. The van der Waals surface area contributed by atoms with E-state index < -0.39 is 0 Å². The fraction of sp³-hybridized carbons (Fsp3) is 0.357. The minimum absolute atomic E-state index is 0.844. The molecule has 0 aliphatic carbocycles. The van der Waals surface area contributed by atoms with E-state index in [-0.39, 0.29) is 0 Å². The van der Waals surface area contributed by atoms with Crippen molar-refractivity contribution in [2.45, 2.75) is 13.3 Å². The predicted octanol–water partition coefficient (Wildman–Crippen LogP) is 2.31. The quantitative estimate of drug-likeness (QED) is 0.875. The Hall–Kier alpha value is -1.61. The van der Waals surface area contributed by atoms with Gasteiger partial charge in [0.05, 0.1) is 7.11 Å². The molecule has 2 aromatic rings. The Morgan fingerprint density at radius 3 is 2.76 bits per heavy atom. The number of aryl methyl sites for hydroxylation is 1. The van der Waals surface area contributed by atoms with Gasteiger partial charge in [-0.2, -0.15) is 0 Å². The van der Waals surface area contributed by atoms with Crippen LogP contribution in [0.4, 0.5) is 0 Å². The highest BCUT2D eigenvalue weighted by Crippen LogP contribution is 2.26. The molecule has 0 aliphatic heterocycles. The second-order valence-electron chi connectivity index (χ2n) is 4.14. The van der Waals surface area contributed by atoms with Gasteiger partial charge in [-0.15, -0.1) is 0 Å². The molecular weight excluding hydrogens is 212 g/mol. The first kappa shape index (κ1) is 11.9. The van der Waals surface area contributed by atoms with Gasteiger partial charge in [0.2, 0.25) is 0 Å². The summed E-state index contributed by atoms with van der Waals surface area (Å²) in [6.45, 7) is 3.03. The first-order valence-corrected chi connectivity index (χ1v) is 5.84. The fourth-order valence-electron chi connectivity index (χ4n) is 1.93. The summed E-state index contributed by atoms with van der Waals surface area (Å²) < 4.78 is 5.36. The first-order chi connectivity index (χ1) is 8.26. The van der Waals surface area contributed by atoms with Crippen LogP contribution < -0.4 is 10.1 Å². The summed E-state index contributed by atoms with van der Waals surface area (Å²) in [5, 5.41) is 4.30. The SMILES string of the molecule is CNCCc1ccc2c(C)ccc(OC)c2n1. The van der Waals surface area contributed by atoms with Crippen LogP contribution in [0.3, 0.4) is 0 Å². The van der Waals surface area contributed by atoms with E-state index in [0.717, 1.165) is 35.3 Å². The highest BCUT2D eigenvalue weighted by atomic mass is 16.5. The number of nitrogens with zero attached hydrogens (tertiary/aromatic N) is 1. The Morgan fingerprint density at radius 2 is 2.06 bits per heavy atom. The molecule has 1 N–H and O–H groups in total. The topological polar surface area (TPSA) is 34.1 Å². The molecule has 17 heavy (non-hydrogen) atoms. The molecule has 1 aromatic heterocycles. The van der Waals surface area contributed by atoms with Crippen molar-refractivity contribution in [3.63, 3.8) is 0 Å². The molecule has 1 aromatic carbocycles. The Balaban J connectivity index is 2.50. The van der Waals surface area contributed by atoms with Crippen LogP contribution in [0.25, 0.3) is 10.9 Å². The largest absolute Gasteiger partial charge is 0.494 e. The molecule has 0 unspecified atom stereocenters. The molecule has 0 fully saturated rings. The van der Waals surface area contributed by atoms with Gasteiger partial charge in [-0.3, -0.25) is 0 Å². The number of hydrogen-bond donors (Lipinski definition) is 1. The number of rotatable bonds is 4. The second kappa shape index (κ2) is 5.15. The monoisotopic (exact) mass is 230 g/mol. The number of methoxy groups -OCH3 is 1. The van der Waals surface area contributed by atoms with Crippen molar-refractivity contribution in [1.29, 1.82) is 0 Å². The van der Waals surface area contributed by atoms with Crippen molar-refractivity contribution in [3.05, 3.63) is 35.5 Å². The van der Waals surface area contributed by atoms with Gasteiger partial charge in [0.15, 0.2) is 0 Å². The standard InChI is InChI=1S/C14H18N2O/c1-10-4-7-13(17-3)14-12(10)6-5-11(16-14)8-9-15-2/h4-7,15H,8-9H2,1-3H3. The van der Waals surface area contributed by atoms with E-state index in [4.69, 9.17) is 4.74 Å². The van der Waals surface area contributed by atoms with E-state index in [1.165, 1.54) is 5.56 Å². The van der Waals surface area contributed by atoms with Crippen LogP contribution in [0.1, 0.15) is 11.3 Å². The first-order valence-electron chi connectivity index (χ1n) is 5.84. The molecule has 3 heteroatoms. The summed E-state index contributed by atoms with van der Waals surface area (Å²) in [5.41, 5.74) is 3.28. The Morgan fingerprint density at radius 1 is 1.24 bits per heavy atom. The van der Waals surface area contributed by atoms with Gasteiger partial charge < -0.3 is 10.1 Å². The van der Waals surface area contributed by atoms with Crippen molar-refractivity contribution < 1.29 is 4.74 Å². The number of aromatic nitrogens is 1. The van der Waals surface area contributed by atoms with Gasteiger partial charge in [0, 0.05) is 24.0 Å². The molecule has 1 heterocycles. The van der Waals surface area contributed by atoms with Gasteiger partial charge in [-0.25, -0.2) is 4.98 Å². The van der Waals surface area contributed by atoms with Crippen LogP contribution in [-0.4, -0.2) is 25.7 Å². The van der Waals surface area contributed by atoms with E-state index in [0.29, 0.717) is 0 Å². The van der Waals surface area contributed by atoms with E-state index in [1.807, 2.05) is 13.1 Å². The third-order valence-electron chi connectivity index (χ3n) is 2.95. The average Bonchev–Trinajstić information content (AvgIpc) is 2.37. The molecule has 2 rings (SSSR count). The molecule has 0 spiro atoms. The van der Waals surface area contributed by atoms with Crippen LogP contribution in [0.5, 0.6) is 5.75 Å². The fourth-order valence-corrected chi connectivity index (χ4v) is 1.93. The van der Waals surface area contributed by atoms with E-state index in [2.05, 4.69) is 35.4 Å². The third kappa shape index (κ3) is 2.39. The molecule has 0 saturated carbocycles. The van der Waals surface area contributed by atoms with Gasteiger partial charge in [-0.1, -0.05) is 12.1 Å². The van der Waals surface area contributed by atoms with Crippen molar-refractivity contribution in [2.75, 3.05) is 20.7 Å². The lowest BCUT2D eigenvalue weighted by Crippen LogP contribution is -2.11. The number of nitrogens with one attached hydrogen (secondary N) is 1. The van der Waals surface area contributed by atoms with E-state index in [9.17, 15) is 0 Å². The Kier molecular flexibility index (Phi) is 3.59. The predicted molar refractivity (Wildman–Crippen MR) is 70.7 cm³/mol. The van der Waals surface area contributed by atoms with Gasteiger partial charge in [0.1, 0.15) is 11.3 Å². The average molecular weight is 230 g/mol. The number of benzene rings is 1. The van der Waals surface area contributed by atoms with Crippen LogP contribution in [0.15, 0.2) is 24.3 Å². The van der Waals surface area contributed by atoms with E-state index in [1.54, 1.807) is 7.11 Å². The summed E-state index contributed by atoms with van der Waals surface area (Å²) in [6, 6.07) is 8.26.